The van der Waals surface area contributed by atoms with Crippen LogP contribution in [0.15, 0.2) is 60.8 Å². The predicted molar refractivity (Wildman–Crippen MR) is 137 cm³/mol. The molecule has 2 aromatic heterocycles. The number of rotatable bonds is 7. The van der Waals surface area contributed by atoms with Gasteiger partial charge in [-0.15, -0.1) is 0 Å². The fourth-order valence-electron chi connectivity index (χ4n) is 4.25. The minimum absolute atomic E-state index is 0. The van der Waals surface area contributed by atoms with Crippen molar-refractivity contribution in [1.82, 2.24) is 15.3 Å². The van der Waals surface area contributed by atoms with Gasteiger partial charge in [-0.25, -0.2) is 9.97 Å². The molecule has 4 rings (SSSR count). The molecule has 1 fully saturated rings. The Kier molecular flexibility index (Phi) is 6.81. The van der Waals surface area contributed by atoms with Crippen molar-refractivity contribution >= 4 is 17.4 Å². The highest BCUT2D eigenvalue weighted by molar-refractivity contribution is 6.11. The van der Waals surface area contributed by atoms with Crippen molar-refractivity contribution in [3.63, 3.8) is 0 Å². The zero-order valence-corrected chi connectivity index (χ0v) is 19.0. The van der Waals surface area contributed by atoms with E-state index in [-0.39, 0.29) is 10.1 Å². The van der Waals surface area contributed by atoms with Crippen LogP contribution in [0.4, 0.5) is 11.6 Å². The van der Waals surface area contributed by atoms with E-state index < -0.39 is 0 Å². The third kappa shape index (κ3) is 4.97. The van der Waals surface area contributed by atoms with Crippen LogP contribution >= 0.6 is 0 Å². The summed E-state index contributed by atoms with van der Waals surface area (Å²) in [7, 11) is 1.78. The predicted octanol–water partition coefficient (Wildman–Crippen LogP) is 4.98. The summed E-state index contributed by atoms with van der Waals surface area (Å²) in [5.41, 5.74) is 2.89. The molecule has 1 atom stereocenters. The van der Waals surface area contributed by atoms with Crippen molar-refractivity contribution in [1.29, 1.82) is 0 Å². The van der Waals surface area contributed by atoms with Crippen molar-refractivity contribution in [2.24, 2.45) is 5.92 Å². The first-order valence-electron chi connectivity index (χ1n) is 11.3. The number of carbonyl (C=O) groups is 1. The van der Waals surface area contributed by atoms with Crippen molar-refractivity contribution in [3.8, 4) is 11.1 Å². The Labute approximate surface area is 194 Å². The number of hydrogen-bond acceptors (Lipinski definition) is 6. The van der Waals surface area contributed by atoms with Gasteiger partial charge in [0, 0.05) is 48.8 Å². The molecule has 0 radical (unpaired) electrons. The molecule has 0 spiro atoms. The zero-order chi connectivity index (χ0) is 22.5. The van der Waals surface area contributed by atoms with Gasteiger partial charge < -0.3 is 15.5 Å². The van der Waals surface area contributed by atoms with E-state index in [1.54, 1.807) is 19.3 Å². The fraction of sp³-hybridized carbons (Fsp3) is 0.346. The topological polar surface area (TPSA) is 70.2 Å². The molecule has 0 amide bonds. The Bertz CT molecular complexity index is 1080. The summed E-state index contributed by atoms with van der Waals surface area (Å²) < 4.78 is 0. The van der Waals surface area contributed by atoms with Gasteiger partial charge in [-0.2, -0.15) is 0 Å². The van der Waals surface area contributed by atoms with E-state index in [1.807, 2.05) is 48.5 Å². The second-order valence-corrected chi connectivity index (χ2v) is 8.67. The van der Waals surface area contributed by atoms with Crippen LogP contribution in [0, 0.1) is 5.92 Å². The van der Waals surface area contributed by atoms with Crippen LogP contribution in [0.3, 0.4) is 0 Å². The summed E-state index contributed by atoms with van der Waals surface area (Å²) in [6.45, 7) is 7.19. The van der Waals surface area contributed by atoms with Gasteiger partial charge in [0.25, 0.3) is 0 Å². The van der Waals surface area contributed by atoms with Crippen LogP contribution < -0.4 is 15.5 Å². The molecule has 1 saturated heterocycles. The lowest BCUT2D eigenvalue weighted by Crippen LogP contribution is -2.51. The lowest BCUT2D eigenvalue weighted by Gasteiger charge is -2.35. The molecule has 0 aliphatic carbocycles. The molecule has 32 heavy (non-hydrogen) atoms. The van der Waals surface area contributed by atoms with Gasteiger partial charge >= 0.3 is 0 Å². The lowest BCUT2D eigenvalue weighted by atomic mass is 10.0. The number of hydrogen-bond donors (Lipinski definition) is 2. The summed E-state index contributed by atoms with van der Waals surface area (Å²) in [4.78, 5) is 25.0. The Morgan fingerprint density at radius 1 is 1.19 bits per heavy atom. The summed E-state index contributed by atoms with van der Waals surface area (Å²) in [6.07, 6.45) is 2.91. The third-order valence-corrected chi connectivity index (χ3v) is 5.78. The van der Waals surface area contributed by atoms with Crippen molar-refractivity contribution in [2.45, 2.75) is 26.3 Å². The number of benzene rings is 1. The van der Waals surface area contributed by atoms with Gasteiger partial charge in [0.05, 0.1) is 5.56 Å². The Hall–Kier alpha value is -3.25. The van der Waals surface area contributed by atoms with Crippen LogP contribution in [0.2, 0.25) is 0 Å². The average molecular weight is 436 g/mol. The van der Waals surface area contributed by atoms with Crippen LogP contribution in [0.5, 0.6) is 0 Å². The number of nitrogens with zero attached hydrogens (tertiary/aromatic N) is 3. The standard InChI is InChI=1S/C26H31N5O.3H2/c1-18(2)14-21-17-31(13-12-28-21)24-11-7-10-23(30-24)25(32)22-15-20(16-29-26(22)27-3)19-8-5-4-6-9-19;;;/h4-11,15-16,18,21,28H,12-14,17H2,1-3H3,(H,27,29);3*1H/t21-;;;/m0.../s1. The lowest BCUT2D eigenvalue weighted by molar-refractivity contribution is 0.103. The highest BCUT2D eigenvalue weighted by atomic mass is 16.1. The normalized spacial score (nSPS) is 16.2. The number of anilines is 2. The van der Waals surface area contributed by atoms with E-state index >= 15 is 0 Å². The molecular weight excluding hydrogens is 398 g/mol. The Morgan fingerprint density at radius 2 is 2.00 bits per heavy atom. The van der Waals surface area contributed by atoms with E-state index in [2.05, 4.69) is 34.4 Å². The number of pyridine rings is 2. The smallest absolute Gasteiger partial charge is 0.215 e. The van der Waals surface area contributed by atoms with Gasteiger partial charge in [-0.1, -0.05) is 50.2 Å². The number of aromatic nitrogens is 2. The SMILES string of the molecule is CNc1ncc(-c2ccccc2)cc1C(=O)c1cccc(N2CCN[C@@H](CC(C)C)C2)n1.[HH].[HH].[HH]. The molecule has 6 nitrogen and oxygen atoms in total. The van der Waals surface area contributed by atoms with Crippen molar-refractivity contribution in [3.05, 3.63) is 72.1 Å². The second kappa shape index (κ2) is 9.92. The molecule has 6 heteroatoms. The van der Waals surface area contributed by atoms with Crippen molar-refractivity contribution in [2.75, 3.05) is 36.9 Å². The summed E-state index contributed by atoms with van der Waals surface area (Å²) >= 11 is 0. The van der Waals surface area contributed by atoms with Crippen LogP contribution in [-0.4, -0.2) is 48.5 Å². The van der Waals surface area contributed by atoms with E-state index in [0.717, 1.165) is 43.0 Å². The quantitative estimate of drug-likeness (QED) is 0.510. The highest BCUT2D eigenvalue weighted by Crippen LogP contribution is 2.25. The minimum Gasteiger partial charge on any atom is -0.373 e. The Morgan fingerprint density at radius 3 is 2.75 bits per heavy atom. The van der Waals surface area contributed by atoms with Crippen LogP contribution in [0.1, 0.15) is 40.6 Å². The van der Waals surface area contributed by atoms with E-state index in [0.29, 0.717) is 29.0 Å². The maximum atomic E-state index is 13.5. The molecule has 3 heterocycles. The maximum absolute atomic E-state index is 13.5. The first-order valence-corrected chi connectivity index (χ1v) is 11.3. The summed E-state index contributed by atoms with van der Waals surface area (Å²) in [5.74, 6) is 1.92. The van der Waals surface area contributed by atoms with Gasteiger partial charge in [-0.3, -0.25) is 4.79 Å². The van der Waals surface area contributed by atoms with Gasteiger partial charge in [0.2, 0.25) is 5.78 Å². The fourth-order valence-corrected chi connectivity index (χ4v) is 4.25. The van der Waals surface area contributed by atoms with Gasteiger partial charge in [0.1, 0.15) is 17.3 Å². The monoisotopic (exact) mass is 435 g/mol. The molecule has 1 aliphatic rings. The molecular formula is C26H37N5O. The van der Waals surface area contributed by atoms with Crippen LogP contribution in [-0.2, 0) is 0 Å². The average Bonchev–Trinajstić information content (AvgIpc) is 2.83. The van der Waals surface area contributed by atoms with Crippen molar-refractivity contribution < 1.29 is 9.07 Å². The first-order chi connectivity index (χ1) is 15.5. The van der Waals surface area contributed by atoms with E-state index in [1.165, 1.54) is 0 Å². The number of nitrogens with one attached hydrogen (secondary N) is 2. The third-order valence-electron chi connectivity index (χ3n) is 5.78. The molecule has 0 unspecified atom stereocenters. The molecule has 1 aromatic carbocycles. The number of ketones is 1. The highest BCUT2D eigenvalue weighted by Gasteiger charge is 2.23. The van der Waals surface area contributed by atoms with E-state index in [4.69, 9.17) is 4.98 Å². The molecule has 1 aliphatic heterocycles. The maximum Gasteiger partial charge on any atom is 0.215 e. The summed E-state index contributed by atoms with van der Waals surface area (Å²) in [5, 5.41) is 6.65. The van der Waals surface area contributed by atoms with Gasteiger partial charge in [0.15, 0.2) is 0 Å². The van der Waals surface area contributed by atoms with Gasteiger partial charge in [-0.05, 0) is 36.1 Å². The first kappa shape index (κ1) is 22.0. The minimum atomic E-state index is -0.129. The second-order valence-electron chi connectivity index (χ2n) is 8.67. The summed E-state index contributed by atoms with van der Waals surface area (Å²) in [6, 6.07) is 18.0. The molecule has 0 bridgehead atoms. The van der Waals surface area contributed by atoms with E-state index in [9.17, 15) is 4.79 Å². The number of piperazine rings is 1. The largest absolute Gasteiger partial charge is 0.373 e. The molecule has 172 valence electrons. The Balaban J connectivity index is 0.00000204. The van der Waals surface area contributed by atoms with Crippen LogP contribution in [0.25, 0.3) is 11.1 Å². The molecule has 2 N–H and O–H groups in total. The molecule has 0 saturated carbocycles. The zero-order valence-electron chi connectivity index (χ0n) is 19.0. The number of carbonyl (C=O) groups excluding carboxylic acids is 1. The molecule has 3 aromatic rings.